The molecule has 0 bridgehead atoms. The number of sulfonamides is 1. The molecule has 3 unspecified atom stereocenters. The van der Waals surface area contributed by atoms with Crippen LogP contribution < -0.4 is 10.6 Å². The third-order valence-electron chi connectivity index (χ3n) is 6.06. The lowest BCUT2D eigenvalue weighted by atomic mass is 10.0. The van der Waals surface area contributed by atoms with Crippen LogP contribution in [0.3, 0.4) is 0 Å². The number of thioether (sulfide) groups is 1. The van der Waals surface area contributed by atoms with Crippen LogP contribution in [0.5, 0.6) is 0 Å². The van der Waals surface area contributed by atoms with Crippen LogP contribution in [0.1, 0.15) is 25.8 Å². The van der Waals surface area contributed by atoms with Crippen LogP contribution in [-0.2, 0) is 26.0 Å². The lowest BCUT2D eigenvalue weighted by molar-refractivity contribution is -0.128. The van der Waals surface area contributed by atoms with Crippen LogP contribution in [0.15, 0.2) is 58.8 Å². The number of aliphatic hydroxyl groups is 1. The van der Waals surface area contributed by atoms with E-state index in [4.69, 9.17) is 0 Å². The van der Waals surface area contributed by atoms with Gasteiger partial charge in [0.25, 0.3) is 0 Å². The van der Waals surface area contributed by atoms with E-state index in [9.17, 15) is 36.3 Å². The van der Waals surface area contributed by atoms with E-state index in [1.807, 2.05) is 6.08 Å². The minimum atomic E-state index is -4.74. The molecule has 0 saturated heterocycles. The van der Waals surface area contributed by atoms with Gasteiger partial charge in [-0.15, -0.1) is 11.8 Å². The van der Waals surface area contributed by atoms with Crippen LogP contribution in [0.2, 0.25) is 0 Å². The summed E-state index contributed by atoms with van der Waals surface area (Å²) in [4.78, 5) is 23.1. The molecule has 1 aliphatic rings. The van der Waals surface area contributed by atoms with Crippen molar-refractivity contribution in [2.75, 3.05) is 13.1 Å². The Bertz CT molecular complexity index is 1300. The Balaban J connectivity index is 1.92. The van der Waals surface area contributed by atoms with Gasteiger partial charge in [0.2, 0.25) is 21.8 Å². The van der Waals surface area contributed by atoms with E-state index >= 15 is 0 Å². The quantitative estimate of drug-likeness (QED) is 0.330. The Kier molecular flexibility index (Phi) is 10.6. The molecule has 0 aromatic heterocycles. The molecule has 212 valence electrons. The van der Waals surface area contributed by atoms with Crippen molar-refractivity contribution in [3.05, 3.63) is 77.0 Å². The predicted molar refractivity (Wildman–Crippen MR) is 142 cm³/mol. The molecule has 13 heteroatoms. The number of aliphatic hydroxyl groups excluding tert-OH is 1. The lowest BCUT2D eigenvalue weighted by Gasteiger charge is -2.31. The number of nitrogens with one attached hydrogen (secondary N) is 2. The summed E-state index contributed by atoms with van der Waals surface area (Å²) in [5, 5.41) is 17.9. The molecule has 2 aromatic carbocycles. The van der Waals surface area contributed by atoms with Gasteiger partial charge in [0, 0.05) is 31.3 Å². The van der Waals surface area contributed by atoms with Crippen molar-refractivity contribution in [3.8, 4) is 0 Å². The van der Waals surface area contributed by atoms with Crippen LogP contribution in [0.4, 0.5) is 13.2 Å². The molecule has 0 aliphatic carbocycles. The number of benzene rings is 2. The summed E-state index contributed by atoms with van der Waals surface area (Å²) in [7, 11) is -4.74. The highest BCUT2D eigenvalue weighted by atomic mass is 32.2. The number of allylic oxidation sites excluding steroid dienone is 1. The topological polar surface area (TPSA) is 116 Å². The maximum atomic E-state index is 14.6. The first-order valence-corrected chi connectivity index (χ1v) is 14.5. The van der Waals surface area contributed by atoms with Gasteiger partial charge in [0.15, 0.2) is 11.6 Å². The standard InChI is InChI=1S/C26H30F3N3O5S2/c1-16(30-17(2)33)26(35)31-23(11-18-7-4-3-5-8-18)24(34)15-32(14-19-9-6-10-38-19)39(36,37)25-13-21(28)20(27)12-22(25)29/h3-8,10,12-13,16,19,23-24,34H,9,11,14-15H2,1-2H3,(H,30,33)(H,31,35)/t16-,19?,23?,24?/m0/s1. The van der Waals surface area contributed by atoms with Crippen molar-refractivity contribution in [2.45, 2.75) is 55.0 Å². The van der Waals surface area contributed by atoms with Gasteiger partial charge in [-0.2, -0.15) is 4.31 Å². The van der Waals surface area contributed by atoms with Gasteiger partial charge in [-0.3, -0.25) is 9.59 Å². The molecule has 8 nitrogen and oxygen atoms in total. The average molecular weight is 586 g/mol. The zero-order valence-electron chi connectivity index (χ0n) is 21.3. The van der Waals surface area contributed by atoms with E-state index in [1.54, 1.807) is 35.7 Å². The smallest absolute Gasteiger partial charge is 0.246 e. The summed E-state index contributed by atoms with van der Waals surface area (Å²) in [5.74, 6) is -5.59. The highest BCUT2D eigenvalue weighted by molar-refractivity contribution is 8.03. The summed E-state index contributed by atoms with van der Waals surface area (Å²) < 4.78 is 69.8. The van der Waals surface area contributed by atoms with Gasteiger partial charge in [0.05, 0.1) is 12.1 Å². The second-order valence-electron chi connectivity index (χ2n) is 9.18. The molecular weight excluding hydrogens is 555 g/mol. The number of amides is 2. The molecule has 3 N–H and O–H groups in total. The number of carbonyl (C=O) groups is 2. The molecule has 39 heavy (non-hydrogen) atoms. The zero-order chi connectivity index (χ0) is 28.7. The first-order valence-electron chi connectivity index (χ1n) is 12.1. The fraction of sp³-hybridized carbons (Fsp3) is 0.385. The maximum absolute atomic E-state index is 14.6. The summed E-state index contributed by atoms with van der Waals surface area (Å²) in [6.45, 7) is 1.96. The van der Waals surface area contributed by atoms with Crippen LogP contribution in [0.25, 0.3) is 0 Å². The monoisotopic (exact) mass is 585 g/mol. The van der Waals surface area contributed by atoms with Gasteiger partial charge < -0.3 is 15.7 Å². The Morgan fingerprint density at radius 2 is 1.77 bits per heavy atom. The zero-order valence-corrected chi connectivity index (χ0v) is 22.9. The maximum Gasteiger partial charge on any atom is 0.246 e. The molecule has 0 fully saturated rings. The van der Waals surface area contributed by atoms with Crippen molar-refractivity contribution in [1.82, 2.24) is 14.9 Å². The number of halogens is 3. The van der Waals surface area contributed by atoms with Crippen molar-refractivity contribution >= 4 is 33.6 Å². The number of hydrogen-bond acceptors (Lipinski definition) is 6. The molecule has 0 radical (unpaired) electrons. The molecule has 2 aromatic rings. The Morgan fingerprint density at radius 3 is 2.38 bits per heavy atom. The van der Waals surface area contributed by atoms with E-state index in [1.165, 1.54) is 25.6 Å². The summed E-state index contributed by atoms with van der Waals surface area (Å²) in [5.41, 5.74) is 0.727. The van der Waals surface area contributed by atoms with Gasteiger partial charge >= 0.3 is 0 Å². The minimum Gasteiger partial charge on any atom is -0.390 e. The molecule has 0 saturated carbocycles. The molecule has 3 rings (SSSR count). The Labute approximate surface area is 229 Å². The summed E-state index contributed by atoms with van der Waals surface area (Å²) >= 11 is 1.34. The fourth-order valence-corrected chi connectivity index (χ4v) is 6.64. The van der Waals surface area contributed by atoms with Gasteiger partial charge in [-0.05, 0) is 36.8 Å². The third-order valence-corrected chi connectivity index (χ3v) is 8.98. The largest absolute Gasteiger partial charge is 0.390 e. The number of nitrogens with zero attached hydrogens (tertiary/aromatic N) is 1. The van der Waals surface area contributed by atoms with Crippen molar-refractivity contribution in [2.24, 2.45) is 0 Å². The van der Waals surface area contributed by atoms with E-state index in [0.717, 1.165) is 9.87 Å². The Hall–Kier alpha value is -2.87. The van der Waals surface area contributed by atoms with Crippen LogP contribution in [-0.4, -0.2) is 66.2 Å². The predicted octanol–water partition coefficient (Wildman–Crippen LogP) is 2.73. The SMILES string of the molecule is CC(=O)N[C@@H](C)C(=O)NC(Cc1ccccc1)C(O)CN(CC1CC=CS1)S(=O)(=O)c1cc(F)c(F)cc1F. The van der Waals surface area contributed by atoms with Crippen LogP contribution >= 0.6 is 11.8 Å². The number of carbonyl (C=O) groups excluding carboxylic acids is 2. The summed E-state index contributed by atoms with van der Waals surface area (Å²) in [6, 6.07) is 7.29. The second kappa shape index (κ2) is 13.5. The molecule has 1 aliphatic heterocycles. The molecule has 2 amide bonds. The lowest BCUT2D eigenvalue weighted by Crippen LogP contribution is -2.55. The molecule has 1 heterocycles. The first kappa shape index (κ1) is 30.7. The van der Waals surface area contributed by atoms with Gasteiger partial charge in [-0.25, -0.2) is 21.6 Å². The van der Waals surface area contributed by atoms with Gasteiger partial charge in [0.1, 0.15) is 16.8 Å². The highest BCUT2D eigenvalue weighted by Gasteiger charge is 2.35. The normalized spacial score (nSPS) is 17.6. The molecule has 4 atom stereocenters. The van der Waals surface area contributed by atoms with E-state index in [0.29, 0.717) is 6.42 Å². The number of hydrogen-bond donors (Lipinski definition) is 3. The highest BCUT2D eigenvalue weighted by Crippen LogP contribution is 2.29. The molecular formula is C26H30F3N3O5S2. The number of rotatable bonds is 12. The van der Waals surface area contributed by atoms with Crippen molar-refractivity contribution < 1.29 is 36.3 Å². The third kappa shape index (κ3) is 8.31. The Morgan fingerprint density at radius 1 is 1.10 bits per heavy atom. The van der Waals surface area contributed by atoms with Gasteiger partial charge in [-0.1, -0.05) is 36.4 Å². The van der Waals surface area contributed by atoms with Crippen molar-refractivity contribution in [1.29, 1.82) is 0 Å². The van der Waals surface area contributed by atoms with E-state index < -0.39 is 68.9 Å². The minimum absolute atomic E-state index is 0.105. The second-order valence-corrected chi connectivity index (χ2v) is 12.3. The average Bonchev–Trinajstić information content (AvgIpc) is 3.38. The fourth-order valence-electron chi connectivity index (χ4n) is 4.05. The van der Waals surface area contributed by atoms with E-state index in [-0.39, 0.29) is 30.3 Å². The first-order chi connectivity index (χ1) is 18.4. The molecule has 0 spiro atoms. The van der Waals surface area contributed by atoms with Crippen LogP contribution in [0, 0.1) is 17.5 Å². The van der Waals surface area contributed by atoms with E-state index in [2.05, 4.69) is 10.6 Å². The van der Waals surface area contributed by atoms with Crippen molar-refractivity contribution in [3.63, 3.8) is 0 Å². The summed E-state index contributed by atoms with van der Waals surface area (Å²) in [6.07, 6.45) is 0.941.